The van der Waals surface area contributed by atoms with Gasteiger partial charge in [0.2, 0.25) is 5.91 Å². The molecule has 16 heavy (non-hydrogen) atoms. The number of rotatable bonds is 1. The summed E-state index contributed by atoms with van der Waals surface area (Å²) in [5.74, 6) is 0.408. The number of hydrogen-bond acceptors (Lipinski definition) is 2. The van der Waals surface area contributed by atoms with Gasteiger partial charge >= 0.3 is 0 Å². The van der Waals surface area contributed by atoms with Crippen LogP contribution in [0.4, 0.5) is 0 Å². The zero-order chi connectivity index (χ0) is 11.0. The summed E-state index contributed by atoms with van der Waals surface area (Å²) in [5, 5.41) is 0. The molecule has 1 saturated heterocycles. The van der Waals surface area contributed by atoms with Crippen LogP contribution in [-0.2, 0) is 11.2 Å². The molecule has 0 saturated carbocycles. The lowest BCUT2D eigenvalue weighted by atomic mass is 10.0. The third-order valence-electron chi connectivity index (χ3n) is 3.74. The van der Waals surface area contributed by atoms with Gasteiger partial charge in [0.25, 0.3) is 0 Å². The van der Waals surface area contributed by atoms with Crippen LogP contribution in [-0.4, -0.2) is 28.9 Å². The monoisotopic (exact) mass is 216 g/mol. The number of carbonyl (C=O) groups excluding carboxylic acids is 1. The summed E-state index contributed by atoms with van der Waals surface area (Å²) >= 11 is 0. The van der Waals surface area contributed by atoms with Gasteiger partial charge in [0.05, 0.1) is 5.92 Å². The second-order valence-electron chi connectivity index (χ2n) is 4.70. The lowest BCUT2D eigenvalue weighted by Gasteiger charge is -2.20. The minimum absolute atomic E-state index is 0.0850. The van der Waals surface area contributed by atoms with E-state index in [1.54, 1.807) is 0 Å². The Labute approximate surface area is 95.5 Å². The Morgan fingerprint density at radius 1 is 1.38 bits per heavy atom. The van der Waals surface area contributed by atoms with Gasteiger partial charge in [-0.3, -0.25) is 9.78 Å². The largest absolute Gasteiger partial charge is 0.342 e. The molecule has 0 spiro atoms. The molecule has 1 aromatic rings. The first-order chi connectivity index (χ1) is 7.86. The number of pyridine rings is 1. The molecule has 1 aromatic heterocycles. The maximum absolute atomic E-state index is 12.3. The van der Waals surface area contributed by atoms with Gasteiger partial charge in [0.1, 0.15) is 0 Å². The predicted molar refractivity (Wildman–Crippen MR) is 61.1 cm³/mol. The molecule has 1 unspecified atom stereocenters. The van der Waals surface area contributed by atoms with Crippen molar-refractivity contribution < 1.29 is 4.79 Å². The molecular weight excluding hydrogens is 200 g/mol. The Morgan fingerprint density at radius 2 is 2.19 bits per heavy atom. The minimum atomic E-state index is 0.0850. The summed E-state index contributed by atoms with van der Waals surface area (Å²) < 4.78 is 0. The summed E-state index contributed by atoms with van der Waals surface area (Å²) in [7, 11) is 0. The maximum Gasteiger partial charge on any atom is 0.230 e. The number of likely N-dealkylation sites (tertiary alicyclic amines) is 1. The molecule has 3 heteroatoms. The van der Waals surface area contributed by atoms with Crippen molar-refractivity contribution in [3.63, 3.8) is 0 Å². The molecular formula is C13H16N2O. The first kappa shape index (κ1) is 9.82. The molecule has 3 rings (SSSR count). The molecule has 0 bridgehead atoms. The fraction of sp³-hybridized carbons (Fsp3) is 0.538. The third-order valence-corrected chi connectivity index (χ3v) is 3.74. The second kappa shape index (κ2) is 3.89. The maximum atomic E-state index is 12.3. The molecule has 1 fully saturated rings. The number of aromatic nitrogens is 1. The van der Waals surface area contributed by atoms with Crippen LogP contribution in [0, 0.1) is 0 Å². The van der Waals surface area contributed by atoms with Crippen LogP contribution >= 0.6 is 0 Å². The lowest BCUT2D eigenvalue weighted by Crippen LogP contribution is -2.31. The van der Waals surface area contributed by atoms with E-state index in [1.165, 1.54) is 24.0 Å². The van der Waals surface area contributed by atoms with Crippen LogP contribution in [0.15, 0.2) is 18.5 Å². The summed E-state index contributed by atoms with van der Waals surface area (Å²) in [6, 6.07) is 2.05. The van der Waals surface area contributed by atoms with Crippen molar-refractivity contribution in [2.45, 2.75) is 31.6 Å². The highest BCUT2D eigenvalue weighted by Gasteiger charge is 2.32. The number of carbonyl (C=O) groups is 1. The van der Waals surface area contributed by atoms with Gasteiger partial charge in [-0.25, -0.2) is 0 Å². The van der Waals surface area contributed by atoms with Crippen molar-refractivity contribution in [3.8, 4) is 0 Å². The molecule has 0 radical (unpaired) electrons. The Hall–Kier alpha value is -1.38. The van der Waals surface area contributed by atoms with Crippen molar-refractivity contribution in [1.29, 1.82) is 0 Å². The molecule has 2 aliphatic rings. The Balaban J connectivity index is 1.84. The number of nitrogens with zero attached hydrogens (tertiary/aromatic N) is 2. The average molecular weight is 216 g/mol. The molecule has 1 aliphatic carbocycles. The third kappa shape index (κ3) is 1.51. The molecule has 84 valence electrons. The average Bonchev–Trinajstić information content (AvgIpc) is 2.98. The second-order valence-corrected chi connectivity index (χ2v) is 4.70. The van der Waals surface area contributed by atoms with Crippen molar-refractivity contribution >= 4 is 5.91 Å². The zero-order valence-electron chi connectivity index (χ0n) is 9.35. The van der Waals surface area contributed by atoms with Crippen LogP contribution in [0.3, 0.4) is 0 Å². The molecule has 2 heterocycles. The molecule has 1 amide bonds. The van der Waals surface area contributed by atoms with Crippen molar-refractivity contribution in [2.24, 2.45) is 0 Å². The Bertz CT molecular complexity index is 410. The SMILES string of the molecule is O=C(C1CCc2ccncc21)N1CCCC1. The number of fused-ring (bicyclic) bond motifs is 1. The van der Waals surface area contributed by atoms with Gasteiger partial charge in [0, 0.05) is 25.5 Å². The predicted octanol–water partition coefficient (Wildman–Crippen LogP) is 1.73. The van der Waals surface area contributed by atoms with Gasteiger partial charge in [-0.05, 0) is 42.9 Å². The van der Waals surface area contributed by atoms with Crippen molar-refractivity contribution in [3.05, 3.63) is 29.6 Å². The number of amides is 1. The van der Waals surface area contributed by atoms with E-state index in [0.717, 1.165) is 25.9 Å². The molecule has 1 aliphatic heterocycles. The van der Waals surface area contributed by atoms with Gasteiger partial charge in [-0.1, -0.05) is 0 Å². The van der Waals surface area contributed by atoms with E-state index in [4.69, 9.17) is 0 Å². The van der Waals surface area contributed by atoms with Gasteiger partial charge < -0.3 is 4.90 Å². The standard InChI is InChI=1S/C13H16N2O/c16-13(15-7-1-2-8-15)11-4-3-10-5-6-14-9-12(10)11/h5-6,9,11H,1-4,7-8H2. The van der Waals surface area contributed by atoms with E-state index in [0.29, 0.717) is 5.91 Å². The van der Waals surface area contributed by atoms with E-state index in [1.807, 2.05) is 23.4 Å². The van der Waals surface area contributed by atoms with Crippen LogP contribution in [0.25, 0.3) is 0 Å². The summed E-state index contributed by atoms with van der Waals surface area (Å²) in [4.78, 5) is 18.5. The van der Waals surface area contributed by atoms with E-state index >= 15 is 0 Å². The van der Waals surface area contributed by atoms with Gasteiger partial charge in [0.15, 0.2) is 0 Å². The quantitative estimate of drug-likeness (QED) is 0.716. The smallest absolute Gasteiger partial charge is 0.230 e. The summed E-state index contributed by atoms with van der Waals surface area (Å²) in [5.41, 5.74) is 2.48. The Kier molecular flexibility index (Phi) is 2.39. The highest BCUT2D eigenvalue weighted by molar-refractivity contribution is 5.85. The molecule has 0 aromatic carbocycles. The molecule has 3 nitrogen and oxygen atoms in total. The first-order valence-electron chi connectivity index (χ1n) is 6.08. The fourth-order valence-corrected chi connectivity index (χ4v) is 2.85. The lowest BCUT2D eigenvalue weighted by molar-refractivity contribution is -0.131. The first-order valence-corrected chi connectivity index (χ1v) is 6.08. The Morgan fingerprint density at radius 3 is 3.00 bits per heavy atom. The fourth-order valence-electron chi connectivity index (χ4n) is 2.85. The summed E-state index contributed by atoms with van der Waals surface area (Å²) in [6.07, 6.45) is 8.03. The highest BCUT2D eigenvalue weighted by atomic mass is 16.2. The van der Waals surface area contributed by atoms with E-state index in [-0.39, 0.29) is 5.92 Å². The van der Waals surface area contributed by atoms with Crippen LogP contribution in [0.2, 0.25) is 0 Å². The van der Waals surface area contributed by atoms with Gasteiger partial charge in [-0.2, -0.15) is 0 Å². The van der Waals surface area contributed by atoms with Gasteiger partial charge in [-0.15, -0.1) is 0 Å². The summed E-state index contributed by atoms with van der Waals surface area (Å²) in [6.45, 7) is 1.90. The number of aryl methyl sites for hydroxylation is 1. The molecule has 1 atom stereocenters. The van der Waals surface area contributed by atoms with E-state index < -0.39 is 0 Å². The van der Waals surface area contributed by atoms with Crippen LogP contribution in [0.5, 0.6) is 0 Å². The minimum Gasteiger partial charge on any atom is -0.342 e. The highest BCUT2D eigenvalue weighted by Crippen LogP contribution is 2.34. The van der Waals surface area contributed by atoms with Crippen LogP contribution < -0.4 is 0 Å². The van der Waals surface area contributed by atoms with Crippen molar-refractivity contribution in [2.75, 3.05) is 13.1 Å². The number of hydrogen-bond donors (Lipinski definition) is 0. The van der Waals surface area contributed by atoms with E-state index in [9.17, 15) is 4.79 Å². The van der Waals surface area contributed by atoms with Crippen molar-refractivity contribution in [1.82, 2.24) is 9.88 Å². The topological polar surface area (TPSA) is 33.2 Å². The van der Waals surface area contributed by atoms with Crippen LogP contribution in [0.1, 0.15) is 36.3 Å². The van der Waals surface area contributed by atoms with E-state index in [2.05, 4.69) is 4.98 Å². The zero-order valence-corrected chi connectivity index (χ0v) is 9.35. The molecule has 0 N–H and O–H groups in total. The normalized spacial score (nSPS) is 23.5.